The van der Waals surface area contributed by atoms with Gasteiger partial charge < -0.3 is 5.32 Å². The molecule has 0 radical (unpaired) electrons. The Balaban J connectivity index is 2.37. The van der Waals surface area contributed by atoms with Gasteiger partial charge in [0.1, 0.15) is 6.54 Å². The van der Waals surface area contributed by atoms with E-state index in [1.807, 2.05) is 0 Å². The van der Waals surface area contributed by atoms with E-state index >= 15 is 0 Å². The summed E-state index contributed by atoms with van der Waals surface area (Å²) in [5, 5.41) is 2.35. The van der Waals surface area contributed by atoms with E-state index in [2.05, 4.69) is 43.4 Å². The summed E-state index contributed by atoms with van der Waals surface area (Å²) in [4.78, 5) is 0. The van der Waals surface area contributed by atoms with Gasteiger partial charge in [-0.05, 0) is 13.3 Å². The van der Waals surface area contributed by atoms with Crippen molar-refractivity contribution in [1.82, 2.24) is 0 Å². The largest absolute Gasteiger partial charge is 0.343 e. The van der Waals surface area contributed by atoms with Crippen molar-refractivity contribution in [2.24, 2.45) is 0 Å². The van der Waals surface area contributed by atoms with Gasteiger partial charge in [-0.15, -0.1) is 0 Å². The Hall–Kier alpha value is -0.820. The Kier molecular flexibility index (Phi) is 3.81. The van der Waals surface area contributed by atoms with Crippen molar-refractivity contribution in [3.05, 3.63) is 35.4 Å². The van der Waals surface area contributed by atoms with Gasteiger partial charge in [0.15, 0.2) is 0 Å². The summed E-state index contributed by atoms with van der Waals surface area (Å²) < 4.78 is 0. The van der Waals surface area contributed by atoms with E-state index < -0.39 is 0 Å². The third-order valence-electron chi connectivity index (χ3n) is 1.99. The zero-order valence-electron chi connectivity index (χ0n) is 8.01. The average molecular weight is 164 g/mol. The Morgan fingerprint density at radius 2 is 1.83 bits per heavy atom. The summed E-state index contributed by atoms with van der Waals surface area (Å²) in [5.74, 6) is 0. The number of aryl methyl sites for hydroxylation is 1. The van der Waals surface area contributed by atoms with Crippen molar-refractivity contribution in [3.63, 3.8) is 0 Å². The molecule has 1 rings (SSSR count). The van der Waals surface area contributed by atoms with Gasteiger partial charge in [0.25, 0.3) is 0 Å². The highest BCUT2D eigenvalue weighted by Crippen LogP contribution is 2.00. The first-order valence-electron chi connectivity index (χ1n) is 4.70. The third-order valence-corrected chi connectivity index (χ3v) is 1.99. The summed E-state index contributed by atoms with van der Waals surface area (Å²) in [6, 6.07) is 8.77. The first kappa shape index (κ1) is 9.27. The van der Waals surface area contributed by atoms with Crippen molar-refractivity contribution in [2.75, 3.05) is 6.54 Å². The standard InChI is InChI=1S/C11H17N/c1-3-8-12-9-11-6-4-10(2)5-7-11/h4-7,12H,3,8-9H2,1-2H3/p+1. The van der Waals surface area contributed by atoms with E-state index in [1.54, 1.807) is 0 Å². The van der Waals surface area contributed by atoms with Crippen LogP contribution in [0.2, 0.25) is 0 Å². The van der Waals surface area contributed by atoms with Crippen LogP contribution in [0.15, 0.2) is 24.3 Å². The Labute approximate surface area is 74.8 Å². The zero-order valence-corrected chi connectivity index (χ0v) is 8.01. The van der Waals surface area contributed by atoms with Crippen LogP contribution in [0.3, 0.4) is 0 Å². The maximum atomic E-state index is 2.35. The van der Waals surface area contributed by atoms with E-state index in [-0.39, 0.29) is 0 Å². The van der Waals surface area contributed by atoms with Crippen LogP contribution < -0.4 is 5.32 Å². The van der Waals surface area contributed by atoms with E-state index in [0.717, 1.165) is 6.54 Å². The van der Waals surface area contributed by atoms with Crippen LogP contribution in [-0.2, 0) is 6.54 Å². The number of nitrogens with two attached hydrogens (primary N) is 1. The molecule has 1 nitrogen and oxygen atoms in total. The molecule has 0 aliphatic rings. The number of hydrogen-bond donors (Lipinski definition) is 1. The SMILES string of the molecule is CCC[NH2+]Cc1ccc(C)cc1. The second-order valence-electron chi connectivity index (χ2n) is 3.27. The molecule has 12 heavy (non-hydrogen) atoms. The van der Waals surface area contributed by atoms with Gasteiger partial charge in [0, 0.05) is 5.56 Å². The molecular formula is C11H18N+. The summed E-state index contributed by atoms with van der Waals surface area (Å²) in [6.45, 7) is 6.69. The maximum Gasteiger partial charge on any atom is 0.101 e. The lowest BCUT2D eigenvalue weighted by molar-refractivity contribution is -0.670. The molecule has 66 valence electrons. The Bertz CT molecular complexity index is 213. The normalized spacial score (nSPS) is 10.2. The van der Waals surface area contributed by atoms with Gasteiger partial charge in [0.05, 0.1) is 6.54 Å². The number of benzene rings is 1. The summed E-state index contributed by atoms with van der Waals surface area (Å²) in [7, 11) is 0. The molecule has 0 fully saturated rings. The molecule has 0 saturated heterocycles. The lowest BCUT2D eigenvalue weighted by Gasteiger charge is -2.00. The van der Waals surface area contributed by atoms with Gasteiger partial charge >= 0.3 is 0 Å². The molecule has 1 aromatic carbocycles. The predicted octanol–water partition coefficient (Wildman–Crippen LogP) is 1.47. The summed E-state index contributed by atoms with van der Waals surface area (Å²) >= 11 is 0. The Morgan fingerprint density at radius 3 is 2.42 bits per heavy atom. The highest BCUT2D eigenvalue weighted by molar-refractivity contribution is 5.20. The zero-order chi connectivity index (χ0) is 8.81. The van der Waals surface area contributed by atoms with Gasteiger partial charge in [-0.2, -0.15) is 0 Å². The predicted molar refractivity (Wildman–Crippen MR) is 52.0 cm³/mol. The second kappa shape index (κ2) is 4.94. The average Bonchev–Trinajstić information content (AvgIpc) is 2.09. The fourth-order valence-corrected chi connectivity index (χ4v) is 1.20. The van der Waals surface area contributed by atoms with Crippen LogP contribution in [0.5, 0.6) is 0 Å². The first-order chi connectivity index (χ1) is 5.83. The lowest BCUT2D eigenvalue weighted by atomic mass is 10.1. The fraction of sp³-hybridized carbons (Fsp3) is 0.455. The number of hydrogen-bond acceptors (Lipinski definition) is 0. The molecule has 0 atom stereocenters. The van der Waals surface area contributed by atoms with E-state index in [9.17, 15) is 0 Å². The van der Waals surface area contributed by atoms with Crippen molar-refractivity contribution in [3.8, 4) is 0 Å². The van der Waals surface area contributed by atoms with Crippen LogP contribution in [-0.4, -0.2) is 6.54 Å². The fourth-order valence-electron chi connectivity index (χ4n) is 1.20. The molecule has 0 heterocycles. The minimum absolute atomic E-state index is 1.12. The highest BCUT2D eigenvalue weighted by atomic mass is 14.8. The number of quaternary nitrogens is 1. The van der Waals surface area contributed by atoms with Gasteiger partial charge in [-0.25, -0.2) is 0 Å². The molecule has 0 saturated carbocycles. The topological polar surface area (TPSA) is 16.6 Å². The molecular weight excluding hydrogens is 146 g/mol. The summed E-state index contributed by atoms with van der Waals surface area (Å²) in [6.07, 6.45) is 1.26. The quantitative estimate of drug-likeness (QED) is 0.649. The van der Waals surface area contributed by atoms with Gasteiger partial charge in [0.2, 0.25) is 0 Å². The first-order valence-corrected chi connectivity index (χ1v) is 4.70. The third kappa shape index (κ3) is 3.05. The second-order valence-corrected chi connectivity index (χ2v) is 3.27. The minimum atomic E-state index is 1.12. The highest BCUT2D eigenvalue weighted by Gasteiger charge is 1.92. The van der Waals surface area contributed by atoms with Crippen molar-refractivity contribution < 1.29 is 5.32 Å². The van der Waals surface area contributed by atoms with Gasteiger partial charge in [-0.3, -0.25) is 0 Å². The van der Waals surface area contributed by atoms with E-state index in [0.29, 0.717) is 0 Å². The molecule has 0 bridgehead atoms. The minimum Gasteiger partial charge on any atom is -0.343 e. The van der Waals surface area contributed by atoms with Crippen LogP contribution in [0.25, 0.3) is 0 Å². The van der Waals surface area contributed by atoms with Crippen molar-refractivity contribution in [2.45, 2.75) is 26.8 Å². The number of rotatable bonds is 4. The molecule has 0 spiro atoms. The molecule has 1 aromatic rings. The van der Waals surface area contributed by atoms with Crippen molar-refractivity contribution in [1.29, 1.82) is 0 Å². The maximum absolute atomic E-state index is 2.35. The molecule has 2 N–H and O–H groups in total. The van der Waals surface area contributed by atoms with E-state index in [1.165, 1.54) is 24.1 Å². The Morgan fingerprint density at radius 1 is 1.17 bits per heavy atom. The van der Waals surface area contributed by atoms with Crippen LogP contribution in [0.1, 0.15) is 24.5 Å². The van der Waals surface area contributed by atoms with Crippen LogP contribution in [0.4, 0.5) is 0 Å². The lowest BCUT2D eigenvalue weighted by Crippen LogP contribution is -2.82. The summed E-state index contributed by atoms with van der Waals surface area (Å²) in [5.41, 5.74) is 2.77. The molecule has 0 aliphatic carbocycles. The van der Waals surface area contributed by atoms with E-state index in [4.69, 9.17) is 0 Å². The van der Waals surface area contributed by atoms with Gasteiger partial charge in [-0.1, -0.05) is 36.8 Å². The molecule has 0 unspecified atom stereocenters. The molecule has 0 aromatic heterocycles. The molecule has 1 heteroatoms. The molecule has 0 aliphatic heterocycles. The van der Waals surface area contributed by atoms with Crippen LogP contribution >= 0.6 is 0 Å². The van der Waals surface area contributed by atoms with Crippen molar-refractivity contribution >= 4 is 0 Å². The molecule has 0 amide bonds. The smallest absolute Gasteiger partial charge is 0.101 e. The van der Waals surface area contributed by atoms with Crippen LogP contribution in [0, 0.1) is 6.92 Å². The monoisotopic (exact) mass is 164 g/mol.